The van der Waals surface area contributed by atoms with Crippen molar-refractivity contribution < 1.29 is 4.79 Å². The lowest BCUT2D eigenvalue weighted by Gasteiger charge is -2.22. The zero-order valence-corrected chi connectivity index (χ0v) is 13.5. The third kappa shape index (κ3) is 3.29. The topological polar surface area (TPSA) is 66.9 Å². The van der Waals surface area contributed by atoms with Crippen molar-refractivity contribution in [3.8, 4) is 0 Å². The number of carbonyl (C=O) groups is 1. The molecule has 1 aliphatic rings. The summed E-state index contributed by atoms with van der Waals surface area (Å²) in [6, 6.07) is 1.59. The molecule has 1 amide bonds. The maximum absolute atomic E-state index is 12.2. The number of halogens is 2. The summed E-state index contributed by atoms with van der Waals surface area (Å²) in [6.45, 7) is 1.92. The van der Waals surface area contributed by atoms with Gasteiger partial charge in [0, 0.05) is 6.42 Å². The maximum atomic E-state index is 12.2. The SMILES string of the molecule is O=C(CC1CCCNC1)Nc1c(Cl)cc(Cl)c2nsnc12. The third-order valence-corrected chi connectivity index (χ3v) is 4.70. The number of piperidine rings is 1. The fourth-order valence-electron chi connectivity index (χ4n) is 2.54. The molecule has 0 spiro atoms. The van der Waals surface area contributed by atoms with Crippen molar-refractivity contribution in [3.63, 3.8) is 0 Å². The Morgan fingerprint density at radius 3 is 2.95 bits per heavy atom. The second-order valence-electron chi connectivity index (χ2n) is 5.14. The van der Waals surface area contributed by atoms with Crippen molar-refractivity contribution in [1.29, 1.82) is 0 Å². The Morgan fingerprint density at radius 1 is 1.38 bits per heavy atom. The molecular weight excluding hydrogens is 331 g/mol. The van der Waals surface area contributed by atoms with E-state index in [9.17, 15) is 4.79 Å². The highest BCUT2D eigenvalue weighted by Gasteiger charge is 2.20. The van der Waals surface area contributed by atoms with Crippen LogP contribution in [0.25, 0.3) is 11.0 Å². The quantitative estimate of drug-likeness (QED) is 0.896. The highest BCUT2D eigenvalue weighted by atomic mass is 35.5. The van der Waals surface area contributed by atoms with Crippen LogP contribution in [0.4, 0.5) is 5.69 Å². The molecule has 2 N–H and O–H groups in total. The first-order chi connectivity index (χ1) is 10.1. The van der Waals surface area contributed by atoms with Gasteiger partial charge in [-0.1, -0.05) is 23.2 Å². The van der Waals surface area contributed by atoms with Crippen molar-refractivity contribution in [2.45, 2.75) is 19.3 Å². The van der Waals surface area contributed by atoms with Gasteiger partial charge in [0.25, 0.3) is 0 Å². The molecule has 1 aliphatic heterocycles. The van der Waals surface area contributed by atoms with Crippen molar-refractivity contribution in [2.24, 2.45) is 5.92 Å². The van der Waals surface area contributed by atoms with Gasteiger partial charge in [-0.3, -0.25) is 4.79 Å². The average molecular weight is 345 g/mol. The Labute approximate surface area is 136 Å². The Balaban J connectivity index is 1.78. The molecule has 1 fully saturated rings. The van der Waals surface area contributed by atoms with Gasteiger partial charge in [-0.2, -0.15) is 8.75 Å². The molecule has 8 heteroatoms. The van der Waals surface area contributed by atoms with E-state index in [-0.39, 0.29) is 5.91 Å². The van der Waals surface area contributed by atoms with E-state index in [1.54, 1.807) is 6.07 Å². The molecule has 0 saturated carbocycles. The Kier molecular flexibility index (Phi) is 4.59. The zero-order chi connectivity index (χ0) is 14.8. The van der Waals surface area contributed by atoms with Crippen LogP contribution in [0.15, 0.2) is 6.07 Å². The summed E-state index contributed by atoms with van der Waals surface area (Å²) in [4.78, 5) is 12.2. The smallest absolute Gasteiger partial charge is 0.224 e. The minimum Gasteiger partial charge on any atom is -0.323 e. The first-order valence-electron chi connectivity index (χ1n) is 6.76. The van der Waals surface area contributed by atoms with Crippen molar-refractivity contribution >= 4 is 57.6 Å². The number of aromatic nitrogens is 2. The maximum Gasteiger partial charge on any atom is 0.224 e. The van der Waals surface area contributed by atoms with Crippen molar-refractivity contribution in [1.82, 2.24) is 14.1 Å². The lowest BCUT2D eigenvalue weighted by molar-refractivity contribution is -0.117. The van der Waals surface area contributed by atoms with Crippen LogP contribution in [0, 0.1) is 5.92 Å². The van der Waals surface area contributed by atoms with E-state index >= 15 is 0 Å². The van der Waals surface area contributed by atoms with E-state index in [1.807, 2.05) is 0 Å². The summed E-state index contributed by atoms with van der Waals surface area (Å²) in [5.41, 5.74) is 1.62. The van der Waals surface area contributed by atoms with Crippen LogP contribution in [-0.4, -0.2) is 27.7 Å². The van der Waals surface area contributed by atoms with Gasteiger partial charge in [-0.15, -0.1) is 0 Å². The zero-order valence-electron chi connectivity index (χ0n) is 11.2. The second-order valence-corrected chi connectivity index (χ2v) is 6.48. The lowest BCUT2D eigenvalue weighted by atomic mass is 9.96. The van der Waals surface area contributed by atoms with Gasteiger partial charge in [0.1, 0.15) is 11.0 Å². The molecule has 2 aromatic rings. The fraction of sp³-hybridized carbons (Fsp3) is 0.462. The van der Waals surface area contributed by atoms with Crippen LogP contribution in [0.1, 0.15) is 19.3 Å². The number of benzene rings is 1. The molecule has 2 heterocycles. The number of hydrogen-bond donors (Lipinski definition) is 2. The summed E-state index contributed by atoms with van der Waals surface area (Å²) in [6.07, 6.45) is 2.66. The van der Waals surface area contributed by atoms with Gasteiger partial charge in [-0.05, 0) is 37.9 Å². The van der Waals surface area contributed by atoms with Gasteiger partial charge in [-0.25, -0.2) is 0 Å². The van der Waals surface area contributed by atoms with E-state index in [4.69, 9.17) is 23.2 Å². The largest absolute Gasteiger partial charge is 0.323 e. The first kappa shape index (κ1) is 15.0. The standard InChI is InChI=1S/C13H14Cl2N4OS/c14-8-5-9(15)12-13(19-21-18-12)11(8)17-10(20)4-7-2-1-3-16-6-7/h5,7,16H,1-4,6H2,(H,17,20). The Bertz CT molecular complexity index is 669. The number of nitrogens with one attached hydrogen (secondary N) is 2. The number of fused-ring (bicyclic) bond motifs is 1. The molecule has 0 bridgehead atoms. The number of hydrogen-bond acceptors (Lipinski definition) is 5. The van der Waals surface area contributed by atoms with Crippen LogP contribution in [0.3, 0.4) is 0 Å². The molecule has 0 radical (unpaired) electrons. The molecule has 5 nitrogen and oxygen atoms in total. The molecule has 1 atom stereocenters. The van der Waals surface area contributed by atoms with E-state index < -0.39 is 0 Å². The molecule has 1 aromatic carbocycles. The Morgan fingerprint density at radius 2 is 2.19 bits per heavy atom. The third-order valence-electron chi connectivity index (χ3n) is 3.58. The van der Waals surface area contributed by atoms with Gasteiger partial charge >= 0.3 is 0 Å². The number of rotatable bonds is 3. The molecular formula is C13H14Cl2N4OS. The van der Waals surface area contributed by atoms with E-state index in [0.29, 0.717) is 39.1 Å². The molecule has 112 valence electrons. The average Bonchev–Trinajstić information content (AvgIpc) is 2.94. The first-order valence-corrected chi connectivity index (χ1v) is 8.24. The summed E-state index contributed by atoms with van der Waals surface area (Å²) >= 11 is 13.3. The normalized spacial score (nSPS) is 18.9. The Hall–Kier alpha value is -0.950. The van der Waals surface area contributed by atoms with Crippen LogP contribution in [0.2, 0.25) is 10.0 Å². The number of carbonyl (C=O) groups excluding carboxylic acids is 1. The molecule has 1 aromatic heterocycles. The molecule has 0 aliphatic carbocycles. The summed E-state index contributed by atoms with van der Waals surface area (Å²) in [5.74, 6) is 0.316. The van der Waals surface area contributed by atoms with Gasteiger partial charge in [0.15, 0.2) is 0 Å². The monoisotopic (exact) mass is 344 g/mol. The van der Waals surface area contributed by atoms with Crippen LogP contribution in [0.5, 0.6) is 0 Å². The van der Waals surface area contributed by atoms with Crippen molar-refractivity contribution in [3.05, 3.63) is 16.1 Å². The molecule has 3 rings (SSSR count). The highest BCUT2D eigenvalue weighted by Crippen LogP contribution is 2.35. The summed E-state index contributed by atoms with van der Waals surface area (Å²) in [5, 5.41) is 6.99. The molecule has 1 unspecified atom stereocenters. The predicted molar refractivity (Wildman–Crippen MR) is 86.3 cm³/mol. The summed E-state index contributed by atoms with van der Waals surface area (Å²) in [7, 11) is 0. The number of anilines is 1. The number of amides is 1. The van der Waals surface area contributed by atoms with Crippen LogP contribution < -0.4 is 10.6 Å². The minimum absolute atomic E-state index is 0.0535. The minimum atomic E-state index is -0.0535. The fourth-order valence-corrected chi connectivity index (χ4v) is 3.70. The van der Waals surface area contributed by atoms with E-state index in [2.05, 4.69) is 19.4 Å². The highest BCUT2D eigenvalue weighted by molar-refractivity contribution is 7.00. The second kappa shape index (κ2) is 6.44. The lowest BCUT2D eigenvalue weighted by Crippen LogP contribution is -2.32. The van der Waals surface area contributed by atoms with E-state index in [1.165, 1.54) is 0 Å². The van der Waals surface area contributed by atoms with Gasteiger partial charge < -0.3 is 10.6 Å². The van der Waals surface area contributed by atoms with Crippen molar-refractivity contribution in [2.75, 3.05) is 18.4 Å². The van der Waals surface area contributed by atoms with Gasteiger partial charge in [0.05, 0.1) is 27.5 Å². The molecule has 21 heavy (non-hydrogen) atoms. The van der Waals surface area contributed by atoms with Crippen LogP contribution >= 0.6 is 34.9 Å². The number of nitrogens with zero attached hydrogens (tertiary/aromatic N) is 2. The predicted octanol–water partition coefficient (Wildman–Crippen LogP) is 3.33. The summed E-state index contributed by atoms with van der Waals surface area (Å²) < 4.78 is 8.30. The molecule has 1 saturated heterocycles. The van der Waals surface area contributed by atoms with Gasteiger partial charge in [0.2, 0.25) is 5.91 Å². The van der Waals surface area contributed by atoms with E-state index in [0.717, 1.165) is 37.7 Å². The van der Waals surface area contributed by atoms with Crippen LogP contribution in [-0.2, 0) is 4.79 Å².